The van der Waals surface area contributed by atoms with Crippen LogP contribution >= 0.6 is 0 Å². The molecule has 1 fully saturated rings. The number of ether oxygens (including phenoxy) is 1. The number of hydrogen-bond donors (Lipinski definition) is 0. The topological polar surface area (TPSA) is 33.0 Å². The van der Waals surface area contributed by atoms with Crippen molar-refractivity contribution < 1.29 is 17.9 Å². The summed E-state index contributed by atoms with van der Waals surface area (Å²) < 4.78 is 43.2. The molecule has 0 bridgehead atoms. The van der Waals surface area contributed by atoms with Gasteiger partial charge in [-0.3, -0.25) is 0 Å². The first-order chi connectivity index (χ1) is 8.50. The van der Waals surface area contributed by atoms with Crippen LogP contribution in [-0.4, -0.2) is 6.10 Å². The van der Waals surface area contributed by atoms with Gasteiger partial charge in [-0.2, -0.15) is 18.4 Å². The first kappa shape index (κ1) is 12.9. The highest BCUT2D eigenvalue weighted by Crippen LogP contribution is 2.35. The fourth-order valence-corrected chi connectivity index (χ4v) is 2.08. The Kier molecular flexibility index (Phi) is 3.58. The molecule has 0 saturated carbocycles. The van der Waals surface area contributed by atoms with Gasteiger partial charge in [-0.05, 0) is 37.0 Å². The summed E-state index contributed by atoms with van der Waals surface area (Å²) >= 11 is 0. The molecule has 0 N–H and O–H groups in total. The summed E-state index contributed by atoms with van der Waals surface area (Å²) in [5, 5.41) is 8.78. The second kappa shape index (κ2) is 4.99. The van der Waals surface area contributed by atoms with E-state index in [-0.39, 0.29) is 0 Å². The van der Waals surface area contributed by atoms with Crippen LogP contribution in [0.1, 0.15) is 36.5 Å². The minimum atomic E-state index is -4.35. The molecule has 1 aliphatic heterocycles. The number of nitrogens with zero attached hydrogens (tertiary/aromatic N) is 1. The lowest BCUT2D eigenvalue weighted by atomic mass is 9.97. The molecule has 2 atom stereocenters. The Hall–Kier alpha value is -1.54. The SMILES string of the molecule is N#CC1CCCC(c2cccc(C(F)(F)F)c2)O1. The van der Waals surface area contributed by atoms with Gasteiger partial charge in [0, 0.05) is 0 Å². The van der Waals surface area contributed by atoms with Crippen molar-refractivity contribution in [3.05, 3.63) is 35.4 Å². The van der Waals surface area contributed by atoms with Crippen LogP contribution in [0, 0.1) is 11.3 Å². The molecular formula is C13H12F3NO. The highest BCUT2D eigenvalue weighted by Gasteiger charge is 2.31. The Balaban J connectivity index is 2.21. The van der Waals surface area contributed by atoms with Crippen LogP contribution in [0.2, 0.25) is 0 Å². The van der Waals surface area contributed by atoms with Crippen LogP contribution < -0.4 is 0 Å². The average Bonchev–Trinajstić information content (AvgIpc) is 2.38. The second-order valence-electron chi connectivity index (χ2n) is 4.30. The summed E-state index contributed by atoms with van der Waals surface area (Å²) in [6.45, 7) is 0. The largest absolute Gasteiger partial charge is 0.416 e. The molecule has 1 heterocycles. The van der Waals surface area contributed by atoms with Crippen molar-refractivity contribution in [1.29, 1.82) is 5.26 Å². The van der Waals surface area contributed by atoms with E-state index in [1.54, 1.807) is 6.07 Å². The number of hydrogen-bond acceptors (Lipinski definition) is 2. The molecule has 1 aliphatic rings. The monoisotopic (exact) mass is 255 g/mol. The molecule has 2 unspecified atom stereocenters. The zero-order valence-corrected chi connectivity index (χ0v) is 9.57. The molecule has 0 aromatic heterocycles. The minimum Gasteiger partial charge on any atom is -0.355 e. The summed E-state index contributed by atoms with van der Waals surface area (Å²) in [5.74, 6) is 0. The summed E-state index contributed by atoms with van der Waals surface area (Å²) in [6, 6.07) is 7.12. The zero-order chi connectivity index (χ0) is 13.2. The van der Waals surface area contributed by atoms with E-state index < -0.39 is 23.9 Å². The molecule has 96 valence electrons. The fraction of sp³-hybridized carbons (Fsp3) is 0.462. The molecule has 1 saturated heterocycles. The summed E-state index contributed by atoms with van der Waals surface area (Å²) in [5.41, 5.74) is -0.188. The quantitative estimate of drug-likeness (QED) is 0.763. The number of alkyl halides is 3. The first-order valence-electron chi connectivity index (χ1n) is 5.73. The molecule has 2 nitrogen and oxygen atoms in total. The van der Waals surface area contributed by atoms with Crippen molar-refractivity contribution in [3.63, 3.8) is 0 Å². The minimum absolute atomic E-state index is 0.411. The van der Waals surface area contributed by atoms with E-state index in [1.165, 1.54) is 6.07 Å². The van der Waals surface area contributed by atoms with E-state index in [4.69, 9.17) is 10.00 Å². The van der Waals surface area contributed by atoms with E-state index in [0.29, 0.717) is 18.4 Å². The van der Waals surface area contributed by atoms with Crippen LogP contribution in [-0.2, 0) is 10.9 Å². The fourth-order valence-electron chi connectivity index (χ4n) is 2.08. The van der Waals surface area contributed by atoms with Crippen LogP contribution in [0.5, 0.6) is 0 Å². The van der Waals surface area contributed by atoms with Gasteiger partial charge in [0.05, 0.1) is 17.7 Å². The number of benzene rings is 1. The molecule has 0 amide bonds. The molecular weight excluding hydrogens is 243 g/mol. The van der Waals surface area contributed by atoms with Gasteiger partial charge in [-0.25, -0.2) is 0 Å². The van der Waals surface area contributed by atoms with E-state index >= 15 is 0 Å². The predicted octanol–water partition coefficient (Wildman–Crippen LogP) is 3.84. The number of nitriles is 1. The Bertz CT molecular complexity index is 464. The summed E-state index contributed by atoms with van der Waals surface area (Å²) in [4.78, 5) is 0. The van der Waals surface area contributed by atoms with E-state index in [9.17, 15) is 13.2 Å². The van der Waals surface area contributed by atoms with Crippen molar-refractivity contribution in [2.75, 3.05) is 0 Å². The van der Waals surface area contributed by atoms with E-state index in [1.807, 2.05) is 6.07 Å². The maximum Gasteiger partial charge on any atom is 0.416 e. The molecule has 2 rings (SSSR count). The zero-order valence-electron chi connectivity index (χ0n) is 9.57. The second-order valence-corrected chi connectivity index (χ2v) is 4.30. The van der Waals surface area contributed by atoms with Gasteiger partial charge >= 0.3 is 6.18 Å². The third-order valence-corrected chi connectivity index (χ3v) is 2.99. The summed E-state index contributed by atoms with van der Waals surface area (Å²) in [7, 11) is 0. The lowest BCUT2D eigenvalue weighted by molar-refractivity contribution is -0.137. The average molecular weight is 255 g/mol. The van der Waals surface area contributed by atoms with Gasteiger partial charge in [-0.1, -0.05) is 12.1 Å². The van der Waals surface area contributed by atoms with E-state index in [0.717, 1.165) is 18.6 Å². The van der Waals surface area contributed by atoms with Crippen molar-refractivity contribution in [1.82, 2.24) is 0 Å². The highest BCUT2D eigenvalue weighted by molar-refractivity contribution is 5.27. The maximum absolute atomic E-state index is 12.6. The Morgan fingerprint density at radius 2 is 2.06 bits per heavy atom. The van der Waals surface area contributed by atoms with Crippen LogP contribution in [0.25, 0.3) is 0 Å². The lowest BCUT2D eigenvalue weighted by Gasteiger charge is -2.26. The van der Waals surface area contributed by atoms with Crippen molar-refractivity contribution in [2.24, 2.45) is 0 Å². The molecule has 5 heteroatoms. The standard InChI is InChI=1S/C13H12F3NO/c14-13(15,16)10-4-1-3-9(7-10)12-6-2-5-11(8-17)18-12/h1,3-4,7,11-12H,2,5-6H2. The van der Waals surface area contributed by atoms with Gasteiger partial charge < -0.3 is 4.74 Å². The molecule has 0 radical (unpaired) electrons. The van der Waals surface area contributed by atoms with Crippen molar-refractivity contribution >= 4 is 0 Å². The van der Waals surface area contributed by atoms with Gasteiger partial charge in [0.2, 0.25) is 0 Å². The molecule has 1 aromatic rings. The third kappa shape index (κ3) is 2.82. The number of rotatable bonds is 1. The highest BCUT2D eigenvalue weighted by atomic mass is 19.4. The van der Waals surface area contributed by atoms with Crippen molar-refractivity contribution in [3.8, 4) is 6.07 Å². The first-order valence-corrected chi connectivity index (χ1v) is 5.73. The van der Waals surface area contributed by atoms with Crippen LogP contribution in [0.4, 0.5) is 13.2 Å². The van der Waals surface area contributed by atoms with Gasteiger partial charge in [-0.15, -0.1) is 0 Å². The normalized spacial score (nSPS) is 24.6. The predicted molar refractivity (Wildman–Crippen MR) is 58.5 cm³/mol. The smallest absolute Gasteiger partial charge is 0.355 e. The van der Waals surface area contributed by atoms with Gasteiger partial charge in [0.25, 0.3) is 0 Å². The maximum atomic E-state index is 12.6. The Morgan fingerprint density at radius 3 is 2.72 bits per heavy atom. The van der Waals surface area contributed by atoms with Crippen molar-refractivity contribution in [2.45, 2.75) is 37.6 Å². The summed E-state index contributed by atoms with van der Waals surface area (Å²) in [6.07, 6.45) is -3.19. The molecule has 1 aromatic carbocycles. The van der Waals surface area contributed by atoms with E-state index in [2.05, 4.69) is 0 Å². The van der Waals surface area contributed by atoms with Crippen LogP contribution in [0.15, 0.2) is 24.3 Å². The number of halogens is 3. The third-order valence-electron chi connectivity index (χ3n) is 2.99. The Labute approximate surface area is 103 Å². The molecule has 18 heavy (non-hydrogen) atoms. The lowest BCUT2D eigenvalue weighted by Crippen LogP contribution is -2.21. The van der Waals surface area contributed by atoms with Gasteiger partial charge in [0.15, 0.2) is 0 Å². The molecule has 0 spiro atoms. The molecule has 0 aliphatic carbocycles. The van der Waals surface area contributed by atoms with Gasteiger partial charge in [0.1, 0.15) is 6.10 Å². The van der Waals surface area contributed by atoms with Crippen LogP contribution in [0.3, 0.4) is 0 Å². The Morgan fingerprint density at radius 1 is 1.28 bits per heavy atom.